The molecule has 0 fully saturated rings. The molecule has 0 aliphatic rings. The van der Waals surface area contributed by atoms with Crippen molar-refractivity contribution in [1.29, 1.82) is 0 Å². The van der Waals surface area contributed by atoms with Crippen LogP contribution in [-0.4, -0.2) is 23.0 Å². The van der Waals surface area contributed by atoms with Crippen molar-refractivity contribution in [2.75, 3.05) is 0 Å². The minimum atomic E-state index is -1.02. The summed E-state index contributed by atoms with van der Waals surface area (Å²) in [6.45, 7) is 0. The van der Waals surface area contributed by atoms with Gasteiger partial charge in [0.05, 0.1) is 0 Å². The highest BCUT2D eigenvalue weighted by molar-refractivity contribution is 14.1. The quantitative estimate of drug-likeness (QED) is 0.673. The lowest BCUT2D eigenvalue weighted by Gasteiger charge is -2.15. The molecule has 120 valence electrons. The largest absolute Gasteiger partial charge is 0.480 e. The summed E-state index contributed by atoms with van der Waals surface area (Å²) in [5.74, 6) is -1.26. The number of carbonyl (C=O) groups is 2. The number of benzene rings is 2. The summed E-state index contributed by atoms with van der Waals surface area (Å²) in [7, 11) is 0. The SMILES string of the molecule is O=C(CCc1ccccc1)N[C@H](Cc1ccc(I)cc1)C(=O)O. The molecule has 5 heteroatoms. The van der Waals surface area contributed by atoms with E-state index in [2.05, 4.69) is 27.9 Å². The second kappa shape index (κ2) is 8.67. The van der Waals surface area contributed by atoms with E-state index in [9.17, 15) is 14.7 Å². The molecule has 2 rings (SSSR count). The molecule has 0 unspecified atom stereocenters. The van der Waals surface area contributed by atoms with Gasteiger partial charge in [0.1, 0.15) is 6.04 Å². The number of hydrogen-bond acceptors (Lipinski definition) is 2. The minimum absolute atomic E-state index is 0.244. The number of aryl methyl sites for hydroxylation is 1. The Balaban J connectivity index is 1.89. The molecule has 0 heterocycles. The number of carboxylic acid groups (broad SMARTS) is 1. The Morgan fingerprint density at radius 2 is 1.65 bits per heavy atom. The average Bonchev–Trinajstić information content (AvgIpc) is 2.55. The first kappa shape index (κ1) is 17.5. The van der Waals surface area contributed by atoms with Gasteiger partial charge in [0.25, 0.3) is 0 Å². The molecule has 0 aromatic heterocycles. The normalized spacial score (nSPS) is 11.7. The summed E-state index contributed by atoms with van der Waals surface area (Å²) in [6.07, 6.45) is 1.16. The highest BCUT2D eigenvalue weighted by Gasteiger charge is 2.20. The second-order valence-electron chi connectivity index (χ2n) is 5.27. The number of nitrogens with one attached hydrogen (secondary N) is 1. The molecule has 0 spiro atoms. The third-order valence-corrected chi connectivity index (χ3v) is 4.19. The fraction of sp³-hybridized carbons (Fsp3) is 0.222. The highest BCUT2D eigenvalue weighted by Crippen LogP contribution is 2.09. The van der Waals surface area contributed by atoms with Gasteiger partial charge in [-0.3, -0.25) is 4.79 Å². The molecule has 2 aromatic rings. The van der Waals surface area contributed by atoms with Crippen molar-refractivity contribution in [2.24, 2.45) is 0 Å². The molecule has 2 aromatic carbocycles. The Morgan fingerprint density at radius 1 is 1.00 bits per heavy atom. The van der Waals surface area contributed by atoms with Crippen LogP contribution in [0.3, 0.4) is 0 Å². The lowest BCUT2D eigenvalue weighted by molar-refractivity contribution is -0.141. The van der Waals surface area contributed by atoms with Crippen molar-refractivity contribution in [2.45, 2.75) is 25.3 Å². The van der Waals surface area contributed by atoms with Gasteiger partial charge in [0.15, 0.2) is 0 Å². The van der Waals surface area contributed by atoms with E-state index < -0.39 is 12.0 Å². The van der Waals surface area contributed by atoms with Crippen LogP contribution in [0.4, 0.5) is 0 Å². The first-order valence-electron chi connectivity index (χ1n) is 7.35. The molecule has 4 nitrogen and oxygen atoms in total. The summed E-state index contributed by atoms with van der Waals surface area (Å²) in [4.78, 5) is 23.4. The smallest absolute Gasteiger partial charge is 0.326 e. The monoisotopic (exact) mass is 423 g/mol. The number of carbonyl (C=O) groups excluding carboxylic acids is 1. The minimum Gasteiger partial charge on any atom is -0.480 e. The van der Waals surface area contributed by atoms with Crippen molar-refractivity contribution >= 4 is 34.5 Å². The number of carboxylic acids is 1. The van der Waals surface area contributed by atoms with Crippen molar-refractivity contribution in [1.82, 2.24) is 5.32 Å². The van der Waals surface area contributed by atoms with Crippen molar-refractivity contribution < 1.29 is 14.7 Å². The summed E-state index contributed by atoms with van der Waals surface area (Å²) < 4.78 is 1.09. The van der Waals surface area contributed by atoms with Crippen LogP contribution >= 0.6 is 22.6 Å². The third-order valence-electron chi connectivity index (χ3n) is 3.47. The highest BCUT2D eigenvalue weighted by atomic mass is 127. The molecule has 0 saturated carbocycles. The molecule has 23 heavy (non-hydrogen) atoms. The fourth-order valence-electron chi connectivity index (χ4n) is 2.23. The summed E-state index contributed by atoms with van der Waals surface area (Å²) in [5.41, 5.74) is 1.95. The number of aliphatic carboxylic acids is 1. The van der Waals surface area contributed by atoms with Gasteiger partial charge in [0.2, 0.25) is 5.91 Å². The first-order chi connectivity index (χ1) is 11.0. The van der Waals surface area contributed by atoms with E-state index in [1.807, 2.05) is 54.6 Å². The van der Waals surface area contributed by atoms with Gasteiger partial charge in [-0.1, -0.05) is 42.5 Å². The molecule has 0 aliphatic heterocycles. The predicted octanol–water partition coefficient (Wildman–Crippen LogP) is 3.04. The maximum atomic E-state index is 12.0. The van der Waals surface area contributed by atoms with Gasteiger partial charge in [-0.15, -0.1) is 0 Å². The van der Waals surface area contributed by atoms with Crippen LogP contribution in [0.5, 0.6) is 0 Å². The van der Waals surface area contributed by atoms with Crippen LogP contribution in [0.1, 0.15) is 17.5 Å². The van der Waals surface area contributed by atoms with Gasteiger partial charge in [-0.2, -0.15) is 0 Å². The van der Waals surface area contributed by atoms with E-state index in [-0.39, 0.29) is 18.7 Å². The van der Waals surface area contributed by atoms with Crippen molar-refractivity contribution in [3.63, 3.8) is 0 Å². The van der Waals surface area contributed by atoms with Gasteiger partial charge in [0, 0.05) is 16.4 Å². The molecule has 2 N–H and O–H groups in total. The van der Waals surface area contributed by atoms with Crippen LogP contribution in [0.25, 0.3) is 0 Å². The Kier molecular flexibility index (Phi) is 6.58. The Morgan fingerprint density at radius 3 is 2.26 bits per heavy atom. The van der Waals surface area contributed by atoms with Crippen LogP contribution in [0.2, 0.25) is 0 Å². The maximum absolute atomic E-state index is 12.0. The lowest BCUT2D eigenvalue weighted by Crippen LogP contribution is -2.42. The fourth-order valence-corrected chi connectivity index (χ4v) is 2.58. The van der Waals surface area contributed by atoms with Gasteiger partial charge in [-0.05, 0) is 52.3 Å². The van der Waals surface area contributed by atoms with E-state index in [0.29, 0.717) is 6.42 Å². The maximum Gasteiger partial charge on any atom is 0.326 e. The van der Waals surface area contributed by atoms with E-state index in [0.717, 1.165) is 14.7 Å². The number of halogens is 1. The van der Waals surface area contributed by atoms with Crippen LogP contribution in [-0.2, 0) is 22.4 Å². The van der Waals surface area contributed by atoms with Crippen LogP contribution in [0.15, 0.2) is 54.6 Å². The molecular weight excluding hydrogens is 405 g/mol. The number of amides is 1. The lowest BCUT2D eigenvalue weighted by atomic mass is 10.1. The zero-order chi connectivity index (χ0) is 16.7. The molecule has 0 radical (unpaired) electrons. The Hall–Kier alpha value is -1.89. The van der Waals surface area contributed by atoms with Gasteiger partial charge < -0.3 is 10.4 Å². The van der Waals surface area contributed by atoms with Gasteiger partial charge in [-0.25, -0.2) is 4.79 Å². The summed E-state index contributed by atoms with van der Waals surface area (Å²) in [5, 5.41) is 11.9. The predicted molar refractivity (Wildman–Crippen MR) is 97.2 cm³/mol. The van der Waals surface area contributed by atoms with E-state index >= 15 is 0 Å². The average molecular weight is 423 g/mol. The van der Waals surface area contributed by atoms with Crippen LogP contribution in [0, 0.1) is 3.57 Å². The van der Waals surface area contributed by atoms with Gasteiger partial charge >= 0.3 is 5.97 Å². The topological polar surface area (TPSA) is 66.4 Å². The molecule has 0 bridgehead atoms. The standard InChI is InChI=1S/C18H18INO3/c19-15-9-6-14(7-10-15)12-16(18(22)23)20-17(21)11-8-13-4-2-1-3-5-13/h1-7,9-10,16H,8,11-12H2,(H,20,21)(H,22,23)/t16-/m1/s1. The number of rotatable bonds is 7. The Labute approximate surface area is 149 Å². The second-order valence-corrected chi connectivity index (χ2v) is 6.52. The molecule has 1 amide bonds. The molecule has 1 atom stereocenters. The molecular formula is C18H18INO3. The molecule has 0 aliphatic carbocycles. The Bertz CT molecular complexity index is 656. The first-order valence-corrected chi connectivity index (χ1v) is 8.43. The van der Waals surface area contributed by atoms with Crippen molar-refractivity contribution in [3.8, 4) is 0 Å². The zero-order valence-corrected chi connectivity index (χ0v) is 14.7. The van der Waals surface area contributed by atoms with E-state index in [1.54, 1.807) is 0 Å². The van der Waals surface area contributed by atoms with E-state index in [4.69, 9.17) is 0 Å². The molecule has 0 saturated heterocycles. The summed E-state index contributed by atoms with van der Waals surface area (Å²) >= 11 is 2.19. The summed E-state index contributed by atoms with van der Waals surface area (Å²) in [6, 6.07) is 16.4. The third kappa shape index (κ3) is 6.02. The van der Waals surface area contributed by atoms with Crippen LogP contribution < -0.4 is 5.32 Å². The zero-order valence-electron chi connectivity index (χ0n) is 12.5. The van der Waals surface area contributed by atoms with E-state index in [1.165, 1.54) is 0 Å². The van der Waals surface area contributed by atoms with Crippen molar-refractivity contribution in [3.05, 3.63) is 69.3 Å². The number of hydrogen-bond donors (Lipinski definition) is 2.